The molecule has 0 fully saturated rings. The number of nitrogens with two attached hydrogens (primary N) is 1. The van der Waals surface area contributed by atoms with Gasteiger partial charge in [0.25, 0.3) is 5.91 Å². The molecule has 2 heterocycles. The zero-order valence-electron chi connectivity index (χ0n) is 8.72. The maximum absolute atomic E-state index is 13.2. The summed E-state index contributed by atoms with van der Waals surface area (Å²) in [5.41, 5.74) is 6.12. The molecule has 6 heteroatoms. The number of carbonyl (C=O) groups is 1. The Labute approximate surface area is 96.5 Å². The fourth-order valence-corrected chi connectivity index (χ4v) is 1.20. The second kappa shape index (κ2) is 4.56. The summed E-state index contributed by atoms with van der Waals surface area (Å²) < 4.78 is 13.2. The summed E-state index contributed by atoms with van der Waals surface area (Å²) in [6, 6.07) is 4.37. The van der Waals surface area contributed by atoms with Crippen LogP contribution in [0.15, 0.2) is 36.8 Å². The summed E-state index contributed by atoms with van der Waals surface area (Å²) in [6.45, 7) is 0. The molecule has 0 aliphatic carbocycles. The van der Waals surface area contributed by atoms with Crippen LogP contribution in [0.3, 0.4) is 0 Å². The minimum absolute atomic E-state index is 0.0589. The van der Waals surface area contributed by atoms with Crippen LogP contribution in [0, 0.1) is 5.82 Å². The van der Waals surface area contributed by atoms with E-state index in [0.717, 1.165) is 6.20 Å². The average Bonchev–Trinajstić information content (AvgIpc) is 2.33. The second-order valence-corrected chi connectivity index (χ2v) is 3.29. The molecule has 0 bridgehead atoms. The first-order valence-electron chi connectivity index (χ1n) is 4.79. The van der Waals surface area contributed by atoms with Crippen LogP contribution in [0.4, 0.5) is 15.8 Å². The van der Waals surface area contributed by atoms with Crippen LogP contribution in [0.25, 0.3) is 0 Å². The normalized spacial score (nSPS) is 9.94. The summed E-state index contributed by atoms with van der Waals surface area (Å²) in [6.07, 6.45) is 3.76. The lowest BCUT2D eigenvalue weighted by atomic mass is 10.3. The van der Waals surface area contributed by atoms with E-state index in [4.69, 9.17) is 5.73 Å². The molecule has 0 spiro atoms. The van der Waals surface area contributed by atoms with Gasteiger partial charge < -0.3 is 11.1 Å². The standard InChI is InChI=1S/C11H9FN4O/c12-8-6-14-4-3-9(8)16-11(17)10-2-1-7(13)5-15-10/h1-6H,13H2,(H,14,16,17). The van der Waals surface area contributed by atoms with Gasteiger partial charge in [0, 0.05) is 6.20 Å². The predicted molar refractivity (Wildman–Crippen MR) is 60.8 cm³/mol. The van der Waals surface area contributed by atoms with Gasteiger partial charge in [-0.25, -0.2) is 9.37 Å². The van der Waals surface area contributed by atoms with Gasteiger partial charge in [-0.2, -0.15) is 0 Å². The Kier molecular flexibility index (Phi) is 2.95. The fourth-order valence-electron chi connectivity index (χ4n) is 1.20. The Balaban J connectivity index is 2.17. The van der Waals surface area contributed by atoms with Gasteiger partial charge in [0.1, 0.15) is 5.69 Å². The van der Waals surface area contributed by atoms with E-state index in [1.807, 2.05) is 0 Å². The molecule has 0 saturated carbocycles. The Bertz CT molecular complexity index is 541. The molecule has 5 nitrogen and oxygen atoms in total. The van der Waals surface area contributed by atoms with E-state index in [1.165, 1.54) is 24.5 Å². The van der Waals surface area contributed by atoms with E-state index in [-0.39, 0.29) is 11.4 Å². The van der Waals surface area contributed by atoms with Crippen molar-refractivity contribution in [1.82, 2.24) is 9.97 Å². The van der Waals surface area contributed by atoms with Gasteiger partial charge in [-0.05, 0) is 18.2 Å². The lowest BCUT2D eigenvalue weighted by Gasteiger charge is -2.05. The van der Waals surface area contributed by atoms with Crippen LogP contribution in [-0.2, 0) is 0 Å². The first-order valence-corrected chi connectivity index (χ1v) is 4.79. The molecular formula is C11H9FN4O. The fraction of sp³-hybridized carbons (Fsp3) is 0. The first-order chi connectivity index (χ1) is 8.16. The zero-order valence-corrected chi connectivity index (χ0v) is 8.72. The predicted octanol–water partition coefficient (Wildman–Crippen LogP) is 1.45. The number of pyridine rings is 2. The maximum atomic E-state index is 13.2. The number of nitrogens with zero attached hydrogens (tertiary/aromatic N) is 2. The van der Waals surface area contributed by atoms with Gasteiger partial charge in [-0.3, -0.25) is 9.78 Å². The van der Waals surface area contributed by atoms with Gasteiger partial charge in [0.2, 0.25) is 0 Å². The Morgan fingerprint density at radius 3 is 2.76 bits per heavy atom. The van der Waals surface area contributed by atoms with Crippen LogP contribution < -0.4 is 11.1 Å². The highest BCUT2D eigenvalue weighted by atomic mass is 19.1. The number of rotatable bonds is 2. The Morgan fingerprint density at radius 2 is 2.12 bits per heavy atom. The van der Waals surface area contributed by atoms with Crippen molar-refractivity contribution in [3.05, 3.63) is 48.3 Å². The molecule has 0 unspecified atom stereocenters. The highest BCUT2D eigenvalue weighted by Crippen LogP contribution is 2.12. The van der Waals surface area contributed by atoms with Crippen molar-refractivity contribution in [2.45, 2.75) is 0 Å². The number of nitrogens with one attached hydrogen (secondary N) is 1. The lowest BCUT2D eigenvalue weighted by Crippen LogP contribution is -2.14. The van der Waals surface area contributed by atoms with Crippen LogP contribution in [-0.4, -0.2) is 15.9 Å². The van der Waals surface area contributed by atoms with Gasteiger partial charge in [-0.15, -0.1) is 0 Å². The van der Waals surface area contributed by atoms with Gasteiger partial charge in [0.05, 0.1) is 23.8 Å². The number of carbonyl (C=O) groups excluding carboxylic acids is 1. The molecule has 1 amide bonds. The third kappa shape index (κ3) is 2.54. The van der Waals surface area contributed by atoms with Gasteiger partial charge in [0.15, 0.2) is 5.82 Å². The summed E-state index contributed by atoms with van der Waals surface area (Å²) in [7, 11) is 0. The third-order valence-electron chi connectivity index (χ3n) is 2.04. The second-order valence-electron chi connectivity index (χ2n) is 3.29. The minimum atomic E-state index is -0.601. The van der Waals surface area contributed by atoms with E-state index in [9.17, 15) is 9.18 Å². The molecule has 0 aromatic carbocycles. The zero-order chi connectivity index (χ0) is 12.3. The Hall–Kier alpha value is -2.50. The van der Waals surface area contributed by atoms with E-state index in [1.54, 1.807) is 6.07 Å². The maximum Gasteiger partial charge on any atom is 0.274 e. The smallest absolute Gasteiger partial charge is 0.274 e. The van der Waals surface area contributed by atoms with Gasteiger partial charge in [-0.1, -0.05) is 0 Å². The van der Waals surface area contributed by atoms with Crippen molar-refractivity contribution in [2.75, 3.05) is 11.1 Å². The van der Waals surface area contributed by atoms with Crippen molar-refractivity contribution in [1.29, 1.82) is 0 Å². The molecule has 0 radical (unpaired) electrons. The van der Waals surface area contributed by atoms with Crippen molar-refractivity contribution in [3.63, 3.8) is 0 Å². The highest BCUT2D eigenvalue weighted by Gasteiger charge is 2.09. The number of nitrogen functional groups attached to an aromatic ring is 1. The van der Waals surface area contributed by atoms with E-state index in [0.29, 0.717) is 5.69 Å². The summed E-state index contributed by atoms with van der Waals surface area (Å²) in [5.74, 6) is -1.11. The summed E-state index contributed by atoms with van der Waals surface area (Å²) >= 11 is 0. The molecular weight excluding hydrogens is 223 g/mol. The molecule has 0 aliphatic rings. The molecule has 0 atom stereocenters. The lowest BCUT2D eigenvalue weighted by molar-refractivity contribution is 0.102. The van der Waals surface area contributed by atoms with Crippen molar-refractivity contribution in [3.8, 4) is 0 Å². The molecule has 86 valence electrons. The highest BCUT2D eigenvalue weighted by molar-refractivity contribution is 6.02. The molecule has 3 N–H and O–H groups in total. The molecule has 2 aromatic rings. The van der Waals surface area contributed by atoms with Crippen LogP contribution >= 0.6 is 0 Å². The molecule has 17 heavy (non-hydrogen) atoms. The van der Waals surface area contributed by atoms with E-state index >= 15 is 0 Å². The van der Waals surface area contributed by atoms with Crippen LogP contribution in [0.1, 0.15) is 10.5 Å². The van der Waals surface area contributed by atoms with Crippen molar-refractivity contribution in [2.24, 2.45) is 0 Å². The topological polar surface area (TPSA) is 80.9 Å². The number of aromatic nitrogens is 2. The monoisotopic (exact) mass is 232 g/mol. The molecule has 0 aliphatic heterocycles. The van der Waals surface area contributed by atoms with Crippen molar-refractivity contribution >= 4 is 17.3 Å². The molecule has 0 saturated heterocycles. The average molecular weight is 232 g/mol. The van der Waals surface area contributed by atoms with Crippen LogP contribution in [0.5, 0.6) is 0 Å². The quantitative estimate of drug-likeness (QED) is 0.821. The third-order valence-corrected chi connectivity index (χ3v) is 2.04. The Morgan fingerprint density at radius 1 is 1.29 bits per heavy atom. The van der Waals surface area contributed by atoms with E-state index < -0.39 is 11.7 Å². The first kappa shape index (κ1) is 11.0. The number of anilines is 2. The number of halogens is 1. The minimum Gasteiger partial charge on any atom is -0.397 e. The number of amides is 1. The van der Waals surface area contributed by atoms with Gasteiger partial charge >= 0.3 is 0 Å². The number of hydrogen-bond donors (Lipinski definition) is 2. The largest absolute Gasteiger partial charge is 0.397 e. The number of hydrogen-bond acceptors (Lipinski definition) is 4. The molecule has 2 rings (SSSR count). The van der Waals surface area contributed by atoms with Crippen LogP contribution in [0.2, 0.25) is 0 Å². The summed E-state index contributed by atoms with van der Waals surface area (Å²) in [5, 5.41) is 2.39. The SMILES string of the molecule is Nc1ccc(C(=O)Nc2ccncc2F)nc1. The summed E-state index contributed by atoms with van der Waals surface area (Å²) in [4.78, 5) is 19.1. The molecule has 2 aromatic heterocycles. The van der Waals surface area contributed by atoms with E-state index in [2.05, 4.69) is 15.3 Å². The van der Waals surface area contributed by atoms with Crippen molar-refractivity contribution < 1.29 is 9.18 Å².